The van der Waals surface area contributed by atoms with Crippen molar-refractivity contribution in [2.45, 2.75) is 13.0 Å². The van der Waals surface area contributed by atoms with Crippen molar-refractivity contribution in [3.05, 3.63) is 47.4 Å². The standard InChI is InChI=1S/C12H8ClF3N2O2/c13-10-5-17-6-11(18-10)19-7-8-2-1-3-9(4-8)20-12(14,15)16/h1-6H,7H2. The minimum absolute atomic E-state index is 0.0179. The number of alkyl halides is 3. The molecule has 0 aliphatic carbocycles. The summed E-state index contributed by atoms with van der Waals surface area (Å²) in [7, 11) is 0. The SMILES string of the molecule is FC(F)(F)Oc1cccc(COc2cncc(Cl)n2)c1. The summed E-state index contributed by atoms with van der Waals surface area (Å²) in [6, 6.07) is 5.46. The van der Waals surface area contributed by atoms with Crippen molar-refractivity contribution in [2.24, 2.45) is 0 Å². The average molecular weight is 305 g/mol. The van der Waals surface area contributed by atoms with Crippen LogP contribution in [-0.2, 0) is 6.61 Å². The molecule has 0 aliphatic heterocycles. The highest BCUT2D eigenvalue weighted by Crippen LogP contribution is 2.23. The lowest BCUT2D eigenvalue weighted by atomic mass is 10.2. The van der Waals surface area contributed by atoms with E-state index < -0.39 is 6.36 Å². The molecule has 0 fully saturated rings. The number of ether oxygens (including phenoxy) is 2. The molecule has 0 aliphatic rings. The fourth-order valence-electron chi connectivity index (χ4n) is 1.38. The van der Waals surface area contributed by atoms with E-state index in [0.717, 1.165) is 0 Å². The molecule has 8 heteroatoms. The molecule has 0 radical (unpaired) electrons. The molecule has 1 aromatic carbocycles. The first-order valence-corrected chi connectivity index (χ1v) is 5.75. The molecule has 20 heavy (non-hydrogen) atoms. The topological polar surface area (TPSA) is 44.2 Å². The Balaban J connectivity index is 2.01. The Morgan fingerprint density at radius 3 is 2.70 bits per heavy atom. The van der Waals surface area contributed by atoms with Gasteiger partial charge in [0.05, 0.1) is 12.4 Å². The molecule has 4 nitrogen and oxygen atoms in total. The maximum Gasteiger partial charge on any atom is 0.573 e. The first-order valence-electron chi connectivity index (χ1n) is 5.37. The molecule has 1 heterocycles. The molecule has 2 rings (SSSR count). The Morgan fingerprint density at radius 1 is 1.20 bits per heavy atom. The van der Waals surface area contributed by atoms with Crippen LogP contribution in [0.2, 0.25) is 5.15 Å². The van der Waals surface area contributed by atoms with Gasteiger partial charge in [-0.15, -0.1) is 13.2 Å². The second kappa shape index (κ2) is 5.96. The lowest BCUT2D eigenvalue weighted by molar-refractivity contribution is -0.274. The van der Waals surface area contributed by atoms with Gasteiger partial charge in [-0.3, -0.25) is 4.98 Å². The number of nitrogens with zero attached hydrogens (tertiary/aromatic N) is 2. The van der Waals surface area contributed by atoms with Gasteiger partial charge in [-0.25, -0.2) is 0 Å². The normalized spacial score (nSPS) is 11.2. The summed E-state index contributed by atoms with van der Waals surface area (Å²) in [5.41, 5.74) is 0.494. The number of hydrogen-bond donors (Lipinski definition) is 0. The van der Waals surface area contributed by atoms with E-state index in [9.17, 15) is 13.2 Å². The third kappa shape index (κ3) is 4.58. The quantitative estimate of drug-likeness (QED) is 0.865. The Kier molecular flexibility index (Phi) is 4.29. The van der Waals surface area contributed by atoms with Crippen LogP contribution in [-0.4, -0.2) is 16.3 Å². The van der Waals surface area contributed by atoms with Gasteiger partial charge in [0, 0.05) is 0 Å². The third-order valence-corrected chi connectivity index (χ3v) is 2.28. The van der Waals surface area contributed by atoms with Gasteiger partial charge in [0.15, 0.2) is 5.15 Å². The minimum Gasteiger partial charge on any atom is -0.472 e. The van der Waals surface area contributed by atoms with Crippen LogP contribution in [0.3, 0.4) is 0 Å². The van der Waals surface area contributed by atoms with Crippen molar-refractivity contribution in [1.82, 2.24) is 9.97 Å². The molecule has 1 aromatic heterocycles. The van der Waals surface area contributed by atoms with Crippen LogP contribution in [0.5, 0.6) is 11.6 Å². The lowest BCUT2D eigenvalue weighted by Gasteiger charge is -2.10. The van der Waals surface area contributed by atoms with E-state index in [2.05, 4.69) is 14.7 Å². The zero-order valence-corrected chi connectivity index (χ0v) is 10.6. The second-order valence-corrected chi connectivity index (χ2v) is 4.05. The van der Waals surface area contributed by atoms with Crippen molar-refractivity contribution < 1.29 is 22.6 Å². The fourth-order valence-corrected chi connectivity index (χ4v) is 1.52. The molecule has 106 valence electrons. The van der Waals surface area contributed by atoms with Gasteiger partial charge >= 0.3 is 6.36 Å². The molecular weight excluding hydrogens is 297 g/mol. The molecule has 0 unspecified atom stereocenters. The van der Waals surface area contributed by atoms with Crippen molar-refractivity contribution >= 4 is 11.6 Å². The van der Waals surface area contributed by atoms with Gasteiger partial charge in [-0.05, 0) is 17.7 Å². The van der Waals surface area contributed by atoms with Crippen molar-refractivity contribution in [3.63, 3.8) is 0 Å². The summed E-state index contributed by atoms with van der Waals surface area (Å²) < 4.78 is 45.3. The molecule has 2 aromatic rings. The molecule has 0 N–H and O–H groups in total. The summed E-state index contributed by atoms with van der Waals surface area (Å²) in [6.07, 6.45) is -2.04. The van der Waals surface area contributed by atoms with Crippen molar-refractivity contribution in [3.8, 4) is 11.6 Å². The average Bonchev–Trinajstić information content (AvgIpc) is 2.35. The first-order chi connectivity index (χ1) is 9.42. The van der Waals surface area contributed by atoms with E-state index in [1.54, 1.807) is 6.07 Å². The van der Waals surface area contributed by atoms with Crippen LogP contribution in [0, 0.1) is 0 Å². The zero-order valence-electron chi connectivity index (χ0n) is 9.89. The van der Waals surface area contributed by atoms with E-state index in [1.807, 2.05) is 0 Å². The van der Waals surface area contributed by atoms with Gasteiger partial charge in [0.25, 0.3) is 0 Å². The van der Waals surface area contributed by atoms with Crippen LogP contribution in [0.25, 0.3) is 0 Å². The molecule has 0 spiro atoms. The summed E-state index contributed by atoms with van der Waals surface area (Å²) in [6.45, 7) is 0.0179. The highest BCUT2D eigenvalue weighted by Gasteiger charge is 2.31. The maximum atomic E-state index is 12.1. The number of benzene rings is 1. The highest BCUT2D eigenvalue weighted by molar-refractivity contribution is 6.29. The summed E-state index contributed by atoms with van der Waals surface area (Å²) in [4.78, 5) is 7.61. The third-order valence-electron chi connectivity index (χ3n) is 2.10. The Bertz CT molecular complexity index is 593. The lowest BCUT2D eigenvalue weighted by Crippen LogP contribution is -2.17. The van der Waals surface area contributed by atoms with E-state index >= 15 is 0 Å². The van der Waals surface area contributed by atoms with Gasteiger partial charge < -0.3 is 9.47 Å². The molecule has 0 saturated carbocycles. The second-order valence-electron chi connectivity index (χ2n) is 3.66. The van der Waals surface area contributed by atoms with Gasteiger partial charge in [0.1, 0.15) is 12.4 Å². The van der Waals surface area contributed by atoms with Crippen LogP contribution < -0.4 is 9.47 Å². The smallest absolute Gasteiger partial charge is 0.472 e. The van der Waals surface area contributed by atoms with Gasteiger partial charge in [0.2, 0.25) is 5.88 Å². The van der Waals surface area contributed by atoms with Crippen LogP contribution in [0.4, 0.5) is 13.2 Å². The number of halogens is 4. The highest BCUT2D eigenvalue weighted by atomic mass is 35.5. The Labute approximate surface area is 117 Å². The summed E-state index contributed by atoms with van der Waals surface area (Å²) >= 11 is 5.63. The van der Waals surface area contributed by atoms with E-state index in [-0.39, 0.29) is 23.4 Å². The predicted molar refractivity (Wildman–Crippen MR) is 64.5 cm³/mol. The molecule has 0 bridgehead atoms. The van der Waals surface area contributed by atoms with Gasteiger partial charge in [-0.2, -0.15) is 4.98 Å². The fraction of sp³-hybridized carbons (Fsp3) is 0.167. The largest absolute Gasteiger partial charge is 0.573 e. The Morgan fingerprint density at radius 2 is 2.00 bits per heavy atom. The van der Waals surface area contributed by atoms with Crippen LogP contribution >= 0.6 is 11.6 Å². The zero-order chi connectivity index (χ0) is 14.6. The minimum atomic E-state index is -4.72. The van der Waals surface area contributed by atoms with Gasteiger partial charge in [-0.1, -0.05) is 23.7 Å². The number of hydrogen-bond acceptors (Lipinski definition) is 4. The van der Waals surface area contributed by atoms with Crippen LogP contribution in [0.15, 0.2) is 36.7 Å². The summed E-state index contributed by atoms with van der Waals surface area (Å²) in [5.74, 6) is -0.129. The molecular formula is C12H8ClF3N2O2. The number of rotatable bonds is 4. The van der Waals surface area contributed by atoms with Crippen LogP contribution in [0.1, 0.15) is 5.56 Å². The van der Waals surface area contributed by atoms with E-state index in [4.69, 9.17) is 16.3 Å². The number of aromatic nitrogens is 2. The van der Waals surface area contributed by atoms with Crippen molar-refractivity contribution in [1.29, 1.82) is 0 Å². The Hall–Kier alpha value is -2.02. The van der Waals surface area contributed by atoms with E-state index in [1.165, 1.54) is 30.6 Å². The van der Waals surface area contributed by atoms with E-state index in [0.29, 0.717) is 5.56 Å². The van der Waals surface area contributed by atoms with Crippen molar-refractivity contribution in [2.75, 3.05) is 0 Å². The summed E-state index contributed by atoms with van der Waals surface area (Å²) in [5, 5.41) is 0.164. The maximum absolute atomic E-state index is 12.1. The molecule has 0 atom stereocenters. The monoisotopic (exact) mass is 304 g/mol. The first kappa shape index (κ1) is 14.4. The predicted octanol–water partition coefficient (Wildman–Crippen LogP) is 3.61. The molecule has 0 amide bonds. The molecule has 0 saturated heterocycles.